The van der Waals surface area contributed by atoms with Gasteiger partial charge in [0.05, 0.1) is 0 Å². The van der Waals surface area contributed by atoms with E-state index in [1.807, 2.05) is 20.8 Å². The van der Waals surface area contributed by atoms with Crippen molar-refractivity contribution in [2.45, 2.75) is 64.1 Å². The number of likely N-dealkylation sites (N-methyl/N-ethyl adjacent to an activating group) is 1. The van der Waals surface area contributed by atoms with E-state index in [1.54, 1.807) is 11.9 Å². The minimum Gasteiger partial charge on any atom is -0.444 e. The van der Waals surface area contributed by atoms with E-state index in [0.717, 1.165) is 25.7 Å². The lowest BCUT2D eigenvalue weighted by Crippen LogP contribution is -2.47. The van der Waals surface area contributed by atoms with Crippen molar-refractivity contribution in [2.24, 2.45) is 0 Å². The van der Waals surface area contributed by atoms with Crippen molar-refractivity contribution in [3.05, 3.63) is 12.7 Å². The molecule has 5 heteroatoms. The van der Waals surface area contributed by atoms with Crippen LogP contribution in [0.4, 0.5) is 4.79 Å². The first kappa shape index (κ1) is 16.5. The average molecular weight is 282 g/mol. The summed E-state index contributed by atoms with van der Waals surface area (Å²) in [6.07, 6.45) is 4.56. The van der Waals surface area contributed by atoms with E-state index in [4.69, 9.17) is 4.74 Å². The standard InChI is InChI=1S/C15H26N2O3/c1-6-13(18)17(5)12-9-7-8-11(10-12)16-14(19)20-15(2,3)4/h6,11-12H,1,7-10H2,2-5H3,(H,16,19). The zero-order chi connectivity index (χ0) is 15.3. The van der Waals surface area contributed by atoms with Crippen LogP contribution in [0.15, 0.2) is 12.7 Å². The van der Waals surface area contributed by atoms with Crippen LogP contribution in [-0.2, 0) is 9.53 Å². The van der Waals surface area contributed by atoms with E-state index in [9.17, 15) is 9.59 Å². The minimum absolute atomic E-state index is 0.0589. The normalized spacial score (nSPS) is 22.8. The molecule has 0 spiro atoms. The summed E-state index contributed by atoms with van der Waals surface area (Å²) in [4.78, 5) is 25.1. The molecule has 1 N–H and O–H groups in total. The molecule has 1 aliphatic rings. The fourth-order valence-corrected chi connectivity index (χ4v) is 2.45. The molecule has 0 aromatic carbocycles. The maximum atomic E-state index is 11.8. The third kappa shape index (κ3) is 5.23. The van der Waals surface area contributed by atoms with Gasteiger partial charge in [-0.05, 0) is 52.5 Å². The van der Waals surface area contributed by atoms with Gasteiger partial charge in [-0.25, -0.2) is 4.79 Å². The lowest BCUT2D eigenvalue weighted by Gasteiger charge is -2.35. The predicted molar refractivity (Wildman–Crippen MR) is 78.4 cm³/mol. The summed E-state index contributed by atoms with van der Waals surface area (Å²) in [5.74, 6) is -0.0760. The Morgan fingerprint density at radius 2 is 2.00 bits per heavy atom. The van der Waals surface area contributed by atoms with Crippen LogP contribution in [0.2, 0.25) is 0 Å². The number of nitrogens with one attached hydrogen (secondary N) is 1. The highest BCUT2D eigenvalue weighted by Crippen LogP contribution is 2.23. The van der Waals surface area contributed by atoms with Crippen molar-refractivity contribution in [3.63, 3.8) is 0 Å². The first-order chi connectivity index (χ1) is 9.23. The van der Waals surface area contributed by atoms with Crippen molar-refractivity contribution in [2.75, 3.05) is 7.05 Å². The number of nitrogens with zero attached hydrogens (tertiary/aromatic N) is 1. The molecule has 0 saturated heterocycles. The summed E-state index contributed by atoms with van der Waals surface area (Å²) in [6.45, 7) is 9.02. The van der Waals surface area contributed by atoms with Crippen LogP contribution in [-0.4, -0.2) is 41.6 Å². The minimum atomic E-state index is -0.492. The highest BCUT2D eigenvalue weighted by Gasteiger charge is 2.28. The van der Waals surface area contributed by atoms with Gasteiger partial charge in [0.1, 0.15) is 5.60 Å². The number of ether oxygens (including phenoxy) is 1. The topological polar surface area (TPSA) is 58.6 Å². The highest BCUT2D eigenvalue weighted by molar-refractivity contribution is 5.87. The number of carbonyl (C=O) groups is 2. The number of alkyl carbamates (subject to hydrolysis) is 1. The van der Waals surface area contributed by atoms with Gasteiger partial charge in [0, 0.05) is 19.1 Å². The summed E-state index contributed by atoms with van der Waals surface area (Å²) >= 11 is 0. The Morgan fingerprint density at radius 3 is 2.55 bits per heavy atom. The van der Waals surface area contributed by atoms with Crippen LogP contribution < -0.4 is 5.32 Å². The third-order valence-corrected chi connectivity index (χ3v) is 3.44. The van der Waals surface area contributed by atoms with Gasteiger partial charge in [-0.15, -0.1) is 0 Å². The number of carbonyl (C=O) groups excluding carboxylic acids is 2. The van der Waals surface area contributed by atoms with E-state index in [0.29, 0.717) is 0 Å². The van der Waals surface area contributed by atoms with Gasteiger partial charge in [0.25, 0.3) is 0 Å². The molecule has 1 aliphatic carbocycles. The Balaban J connectivity index is 2.51. The summed E-state index contributed by atoms with van der Waals surface area (Å²) in [6, 6.07) is 0.206. The Morgan fingerprint density at radius 1 is 1.35 bits per heavy atom. The van der Waals surface area contributed by atoms with Crippen molar-refractivity contribution in [1.82, 2.24) is 10.2 Å². The zero-order valence-electron chi connectivity index (χ0n) is 12.9. The maximum Gasteiger partial charge on any atom is 0.407 e. The zero-order valence-corrected chi connectivity index (χ0v) is 12.9. The quantitative estimate of drug-likeness (QED) is 0.809. The fourth-order valence-electron chi connectivity index (χ4n) is 2.45. The first-order valence-electron chi connectivity index (χ1n) is 7.11. The molecule has 2 atom stereocenters. The van der Waals surface area contributed by atoms with Crippen LogP contribution in [0, 0.1) is 0 Å². The molecule has 0 aromatic heterocycles. The molecule has 0 radical (unpaired) electrons. The Bertz CT molecular complexity index is 374. The molecule has 2 unspecified atom stereocenters. The van der Waals surface area contributed by atoms with Crippen molar-refractivity contribution in [3.8, 4) is 0 Å². The molecule has 114 valence electrons. The predicted octanol–water partition coefficient (Wildman–Crippen LogP) is 2.47. The molecular weight excluding hydrogens is 256 g/mol. The SMILES string of the molecule is C=CC(=O)N(C)C1CCCC(NC(=O)OC(C)(C)C)C1. The highest BCUT2D eigenvalue weighted by atomic mass is 16.6. The molecule has 0 heterocycles. The molecule has 2 amide bonds. The van der Waals surface area contributed by atoms with Gasteiger partial charge in [-0.1, -0.05) is 6.58 Å². The van der Waals surface area contributed by atoms with Gasteiger partial charge >= 0.3 is 6.09 Å². The average Bonchev–Trinajstić information content (AvgIpc) is 2.34. The summed E-state index contributed by atoms with van der Waals surface area (Å²) < 4.78 is 5.26. The van der Waals surface area contributed by atoms with Crippen molar-refractivity contribution >= 4 is 12.0 Å². The lowest BCUT2D eigenvalue weighted by molar-refractivity contribution is -0.127. The second-order valence-corrected chi connectivity index (χ2v) is 6.32. The third-order valence-electron chi connectivity index (χ3n) is 3.44. The molecular formula is C15H26N2O3. The molecule has 0 bridgehead atoms. The van der Waals surface area contributed by atoms with E-state index < -0.39 is 5.60 Å². The molecule has 20 heavy (non-hydrogen) atoms. The van der Waals surface area contributed by atoms with Crippen LogP contribution in [0.25, 0.3) is 0 Å². The molecule has 1 fully saturated rings. The van der Waals surface area contributed by atoms with E-state index in [-0.39, 0.29) is 24.1 Å². The fraction of sp³-hybridized carbons (Fsp3) is 0.733. The van der Waals surface area contributed by atoms with Crippen LogP contribution in [0.5, 0.6) is 0 Å². The van der Waals surface area contributed by atoms with E-state index in [1.165, 1.54) is 6.08 Å². The number of hydrogen-bond donors (Lipinski definition) is 1. The molecule has 0 aliphatic heterocycles. The smallest absolute Gasteiger partial charge is 0.407 e. The Hall–Kier alpha value is -1.52. The van der Waals surface area contributed by atoms with Crippen LogP contribution in [0.3, 0.4) is 0 Å². The molecule has 1 rings (SSSR count). The molecule has 1 saturated carbocycles. The Kier molecular flexibility index (Phi) is 5.60. The van der Waals surface area contributed by atoms with E-state index >= 15 is 0 Å². The van der Waals surface area contributed by atoms with Crippen molar-refractivity contribution < 1.29 is 14.3 Å². The van der Waals surface area contributed by atoms with E-state index in [2.05, 4.69) is 11.9 Å². The lowest BCUT2D eigenvalue weighted by atomic mass is 9.90. The molecule has 5 nitrogen and oxygen atoms in total. The van der Waals surface area contributed by atoms with Gasteiger partial charge in [-0.2, -0.15) is 0 Å². The number of amides is 2. The number of hydrogen-bond acceptors (Lipinski definition) is 3. The monoisotopic (exact) mass is 282 g/mol. The summed E-state index contributed by atoms with van der Waals surface area (Å²) in [7, 11) is 1.78. The molecule has 0 aromatic rings. The number of rotatable bonds is 3. The van der Waals surface area contributed by atoms with Gasteiger partial charge in [0.2, 0.25) is 5.91 Å². The largest absolute Gasteiger partial charge is 0.444 e. The van der Waals surface area contributed by atoms with Crippen LogP contribution >= 0.6 is 0 Å². The van der Waals surface area contributed by atoms with Gasteiger partial charge in [0.15, 0.2) is 0 Å². The van der Waals surface area contributed by atoms with Gasteiger partial charge in [-0.3, -0.25) is 4.79 Å². The summed E-state index contributed by atoms with van der Waals surface area (Å²) in [5.41, 5.74) is -0.492. The second kappa shape index (κ2) is 6.77. The van der Waals surface area contributed by atoms with Gasteiger partial charge < -0.3 is 15.0 Å². The Labute approximate surface area is 121 Å². The first-order valence-corrected chi connectivity index (χ1v) is 7.11. The summed E-state index contributed by atoms with van der Waals surface area (Å²) in [5, 5.41) is 2.89. The second-order valence-electron chi connectivity index (χ2n) is 6.32. The van der Waals surface area contributed by atoms with Crippen LogP contribution in [0.1, 0.15) is 46.5 Å². The van der Waals surface area contributed by atoms with Crippen molar-refractivity contribution in [1.29, 1.82) is 0 Å². The maximum absolute atomic E-state index is 11.8.